The van der Waals surface area contributed by atoms with Gasteiger partial charge >= 0.3 is 0 Å². The quantitative estimate of drug-likeness (QED) is 0.731. The molecule has 3 nitrogen and oxygen atoms in total. The van der Waals surface area contributed by atoms with Crippen molar-refractivity contribution in [3.63, 3.8) is 0 Å². The van der Waals surface area contributed by atoms with Gasteiger partial charge in [-0.25, -0.2) is 4.98 Å². The van der Waals surface area contributed by atoms with Gasteiger partial charge in [0, 0.05) is 10.9 Å². The fourth-order valence-corrected chi connectivity index (χ4v) is 3.84. The lowest BCUT2D eigenvalue weighted by Crippen LogP contribution is -2.11. The normalized spacial score (nSPS) is 10.7. The molecule has 0 saturated heterocycles. The number of rotatable bonds is 3. The van der Waals surface area contributed by atoms with E-state index in [9.17, 15) is 4.79 Å². The summed E-state index contributed by atoms with van der Waals surface area (Å²) in [6.45, 7) is 6.09. The average molecular weight is 328 g/mol. The third kappa shape index (κ3) is 2.96. The number of nitrogens with zero attached hydrogens (tertiary/aromatic N) is 1. The lowest BCUT2D eigenvalue weighted by atomic mass is 10.0. The summed E-state index contributed by atoms with van der Waals surface area (Å²) >= 11 is 2.90. The molecule has 0 fully saturated rings. The molecule has 2 aromatic heterocycles. The van der Waals surface area contributed by atoms with Gasteiger partial charge in [-0.05, 0) is 43.3 Å². The Morgan fingerprint density at radius 2 is 1.91 bits per heavy atom. The van der Waals surface area contributed by atoms with E-state index in [1.165, 1.54) is 33.8 Å². The summed E-state index contributed by atoms with van der Waals surface area (Å²) in [6, 6.07) is 8.24. The topological polar surface area (TPSA) is 42.0 Å². The van der Waals surface area contributed by atoms with Crippen molar-refractivity contribution >= 4 is 33.7 Å². The number of hydrogen-bond donors (Lipinski definition) is 1. The molecular formula is C17H16N2OS2. The molecule has 0 aliphatic carbocycles. The molecule has 1 amide bonds. The van der Waals surface area contributed by atoms with Crippen molar-refractivity contribution in [1.29, 1.82) is 0 Å². The van der Waals surface area contributed by atoms with E-state index in [-0.39, 0.29) is 5.91 Å². The molecule has 2 heterocycles. The highest BCUT2D eigenvalue weighted by Gasteiger charge is 2.13. The molecule has 0 atom stereocenters. The van der Waals surface area contributed by atoms with Crippen LogP contribution in [-0.4, -0.2) is 10.9 Å². The van der Waals surface area contributed by atoms with Crippen LogP contribution in [0, 0.1) is 20.8 Å². The minimum Gasteiger partial charge on any atom is -0.297 e. The van der Waals surface area contributed by atoms with Crippen molar-refractivity contribution in [2.45, 2.75) is 20.8 Å². The van der Waals surface area contributed by atoms with E-state index < -0.39 is 0 Å². The van der Waals surface area contributed by atoms with E-state index in [1.807, 2.05) is 23.8 Å². The van der Waals surface area contributed by atoms with Crippen LogP contribution in [0.3, 0.4) is 0 Å². The minimum atomic E-state index is -0.0889. The molecule has 22 heavy (non-hydrogen) atoms. The molecule has 0 radical (unpaired) electrons. The first-order valence-electron chi connectivity index (χ1n) is 6.93. The van der Waals surface area contributed by atoms with Gasteiger partial charge in [0.1, 0.15) is 0 Å². The van der Waals surface area contributed by atoms with Crippen molar-refractivity contribution < 1.29 is 4.79 Å². The molecule has 0 aliphatic heterocycles. The monoisotopic (exact) mass is 328 g/mol. The summed E-state index contributed by atoms with van der Waals surface area (Å²) < 4.78 is 0. The van der Waals surface area contributed by atoms with Crippen LogP contribution in [-0.2, 0) is 0 Å². The number of nitrogens with one attached hydrogen (secondary N) is 1. The lowest BCUT2D eigenvalue weighted by Gasteiger charge is -2.04. The Morgan fingerprint density at radius 3 is 2.59 bits per heavy atom. The van der Waals surface area contributed by atoms with E-state index in [4.69, 9.17) is 0 Å². The molecule has 5 heteroatoms. The molecule has 0 saturated carbocycles. The zero-order chi connectivity index (χ0) is 15.7. The summed E-state index contributed by atoms with van der Waals surface area (Å²) in [5.41, 5.74) is 5.43. The highest BCUT2D eigenvalue weighted by atomic mass is 32.1. The fourth-order valence-electron chi connectivity index (χ4n) is 2.32. The van der Waals surface area contributed by atoms with Crippen molar-refractivity contribution in [1.82, 2.24) is 4.98 Å². The summed E-state index contributed by atoms with van der Waals surface area (Å²) in [5, 5.41) is 7.42. The van der Waals surface area contributed by atoms with Crippen molar-refractivity contribution in [3.8, 4) is 11.3 Å². The molecule has 3 aromatic rings. The Hall–Kier alpha value is -1.98. The van der Waals surface area contributed by atoms with Crippen LogP contribution in [0.25, 0.3) is 11.3 Å². The van der Waals surface area contributed by atoms with Gasteiger partial charge in [0.25, 0.3) is 5.91 Å². The highest BCUT2D eigenvalue weighted by Crippen LogP contribution is 2.28. The van der Waals surface area contributed by atoms with E-state index >= 15 is 0 Å². The number of hydrogen-bond acceptors (Lipinski definition) is 4. The number of amides is 1. The zero-order valence-corrected chi connectivity index (χ0v) is 14.3. The molecule has 0 aliphatic rings. The molecule has 3 rings (SSSR count). The van der Waals surface area contributed by atoms with Crippen molar-refractivity contribution in [2.24, 2.45) is 0 Å². The maximum absolute atomic E-state index is 12.2. The summed E-state index contributed by atoms with van der Waals surface area (Å²) in [6.07, 6.45) is 0. The van der Waals surface area contributed by atoms with Gasteiger partial charge < -0.3 is 0 Å². The average Bonchev–Trinajstić information content (AvgIpc) is 3.08. The molecular weight excluding hydrogens is 312 g/mol. The van der Waals surface area contributed by atoms with Crippen LogP contribution in [0.1, 0.15) is 26.4 Å². The second-order valence-corrected chi connectivity index (χ2v) is 7.02. The fraction of sp³-hybridized carbons (Fsp3) is 0.176. The first-order valence-corrected chi connectivity index (χ1v) is 8.69. The molecule has 0 bridgehead atoms. The van der Waals surface area contributed by atoms with Gasteiger partial charge in [-0.15, -0.1) is 22.7 Å². The van der Waals surface area contributed by atoms with Gasteiger partial charge in [0.2, 0.25) is 0 Å². The van der Waals surface area contributed by atoms with Gasteiger partial charge in [-0.3, -0.25) is 10.1 Å². The number of anilines is 1. The van der Waals surface area contributed by atoms with Gasteiger partial charge in [0.05, 0.1) is 10.6 Å². The second kappa shape index (κ2) is 6.02. The van der Waals surface area contributed by atoms with Crippen LogP contribution < -0.4 is 5.32 Å². The first-order chi connectivity index (χ1) is 10.5. The van der Waals surface area contributed by atoms with Crippen molar-refractivity contribution in [3.05, 3.63) is 56.6 Å². The molecule has 0 unspecified atom stereocenters. The van der Waals surface area contributed by atoms with E-state index in [0.29, 0.717) is 5.13 Å². The van der Waals surface area contributed by atoms with Gasteiger partial charge in [-0.1, -0.05) is 23.8 Å². The number of benzene rings is 1. The summed E-state index contributed by atoms with van der Waals surface area (Å²) in [5.74, 6) is -0.0889. The largest absolute Gasteiger partial charge is 0.297 e. The molecule has 1 N–H and O–H groups in total. The van der Waals surface area contributed by atoms with Crippen LogP contribution in [0.4, 0.5) is 5.13 Å². The van der Waals surface area contributed by atoms with Crippen molar-refractivity contribution in [2.75, 3.05) is 5.32 Å². The SMILES string of the molecule is Cc1ccc(-c2csc(NC(=O)c3sccc3C)n2)c(C)c1. The number of thiophene rings is 1. The van der Waals surface area contributed by atoms with E-state index in [1.54, 1.807) is 0 Å². The predicted molar refractivity (Wildman–Crippen MR) is 94.0 cm³/mol. The third-order valence-electron chi connectivity index (χ3n) is 3.45. The third-order valence-corrected chi connectivity index (χ3v) is 5.22. The lowest BCUT2D eigenvalue weighted by molar-refractivity contribution is 0.103. The Labute approximate surface area is 137 Å². The first kappa shape index (κ1) is 14.9. The second-order valence-electron chi connectivity index (χ2n) is 5.24. The number of thiazole rings is 1. The maximum Gasteiger partial charge on any atom is 0.267 e. The van der Waals surface area contributed by atoms with Crippen LogP contribution in [0.2, 0.25) is 0 Å². The number of carbonyl (C=O) groups is 1. The molecule has 112 valence electrons. The summed E-state index contributed by atoms with van der Waals surface area (Å²) in [4.78, 5) is 17.5. The Morgan fingerprint density at radius 1 is 1.09 bits per heavy atom. The molecule has 0 spiro atoms. The minimum absolute atomic E-state index is 0.0889. The standard InChI is InChI=1S/C17H16N2OS2/c1-10-4-5-13(12(3)8-10)14-9-22-17(18-14)19-16(20)15-11(2)6-7-21-15/h4-9H,1-3H3,(H,18,19,20). The highest BCUT2D eigenvalue weighted by molar-refractivity contribution is 7.14. The van der Waals surface area contributed by atoms with Crippen LogP contribution in [0.5, 0.6) is 0 Å². The predicted octanol–water partition coefficient (Wildman–Crippen LogP) is 5.05. The Balaban J connectivity index is 1.82. The van der Waals surface area contributed by atoms with E-state index in [2.05, 4.69) is 42.3 Å². The Bertz CT molecular complexity index is 833. The maximum atomic E-state index is 12.2. The van der Waals surface area contributed by atoms with Gasteiger partial charge in [-0.2, -0.15) is 0 Å². The number of aromatic nitrogens is 1. The van der Waals surface area contributed by atoms with Crippen LogP contribution >= 0.6 is 22.7 Å². The van der Waals surface area contributed by atoms with Gasteiger partial charge in [0.15, 0.2) is 5.13 Å². The van der Waals surface area contributed by atoms with E-state index in [0.717, 1.165) is 21.7 Å². The summed E-state index contributed by atoms with van der Waals surface area (Å²) in [7, 11) is 0. The number of aryl methyl sites for hydroxylation is 3. The van der Waals surface area contributed by atoms with Crippen LogP contribution in [0.15, 0.2) is 35.0 Å². The zero-order valence-electron chi connectivity index (χ0n) is 12.6. The number of carbonyl (C=O) groups excluding carboxylic acids is 1. The Kier molecular flexibility index (Phi) is 4.09. The smallest absolute Gasteiger partial charge is 0.267 e. The molecule has 1 aromatic carbocycles.